The summed E-state index contributed by atoms with van der Waals surface area (Å²) in [6.07, 6.45) is 0.973. The third-order valence-corrected chi connectivity index (χ3v) is 5.21. The first-order valence-corrected chi connectivity index (χ1v) is 7.93. The van der Waals surface area contributed by atoms with Crippen molar-refractivity contribution in [3.05, 3.63) is 29.8 Å². The molecular weight excluding hydrogens is 274 g/mol. The van der Waals surface area contributed by atoms with Gasteiger partial charge in [-0.15, -0.1) is 0 Å². The molecule has 1 aliphatic heterocycles. The second-order valence-corrected chi connectivity index (χ2v) is 7.10. The lowest BCUT2D eigenvalue weighted by atomic mass is 9.65. The molecule has 1 saturated heterocycles. The maximum absolute atomic E-state index is 5.18. The molecule has 0 unspecified atom stereocenters. The van der Waals surface area contributed by atoms with Crippen molar-refractivity contribution in [3.63, 3.8) is 0 Å². The van der Waals surface area contributed by atoms with Gasteiger partial charge in [0.05, 0.1) is 7.11 Å². The first-order valence-electron chi connectivity index (χ1n) is 7.93. The fourth-order valence-electron chi connectivity index (χ4n) is 2.81. The summed E-state index contributed by atoms with van der Waals surface area (Å²) >= 11 is 0. The Morgan fingerprint density at radius 1 is 1.23 bits per heavy atom. The largest absolute Gasteiger partial charge is 0.497 e. The summed E-state index contributed by atoms with van der Waals surface area (Å²) in [7, 11) is 3.55. The van der Waals surface area contributed by atoms with Crippen LogP contribution in [0.4, 0.5) is 0 Å². The van der Waals surface area contributed by atoms with Crippen LogP contribution in [0.15, 0.2) is 29.3 Å². The number of hydrogen-bond acceptors (Lipinski definition) is 2. The molecule has 1 aromatic rings. The van der Waals surface area contributed by atoms with Gasteiger partial charge in [-0.2, -0.15) is 0 Å². The topological polar surface area (TPSA) is 36.9 Å². The van der Waals surface area contributed by atoms with E-state index in [1.54, 1.807) is 7.11 Å². The van der Waals surface area contributed by atoms with Crippen LogP contribution >= 0.6 is 0 Å². The highest BCUT2D eigenvalue weighted by Gasteiger charge is 2.53. The highest BCUT2D eigenvalue weighted by Crippen LogP contribution is 2.46. The lowest BCUT2D eigenvalue weighted by Crippen LogP contribution is -2.72. The van der Waals surface area contributed by atoms with Gasteiger partial charge < -0.3 is 15.0 Å². The number of rotatable bonds is 4. The molecular formula is C18H29N3O. The van der Waals surface area contributed by atoms with E-state index in [0.29, 0.717) is 5.41 Å². The maximum Gasteiger partial charge on any atom is 0.194 e. The van der Waals surface area contributed by atoms with Gasteiger partial charge in [0.2, 0.25) is 0 Å². The van der Waals surface area contributed by atoms with E-state index in [-0.39, 0.29) is 5.54 Å². The standard InChI is InChI=1S/C18H29N3O/c1-17(2)13-21(18(17,3)4)16(19-5)20-12-11-14-7-9-15(22-6)10-8-14/h7-10H,11-13H2,1-6H3,(H,19,20). The van der Waals surface area contributed by atoms with Gasteiger partial charge in [0.1, 0.15) is 5.75 Å². The summed E-state index contributed by atoms with van der Waals surface area (Å²) in [6.45, 7) is 11.1. The minimum atomic E-state index is 0.134. The monoisotopic (exact) mass is 303 g/mol. The van der Waals surface area contributed by atoms with E-state index in [9.17, 15) is 0 Å². The minimum absolute atomic E-state index is 0.134. The fourth-order valence-corrected chi connectivity index (χ4v) is 2.81. The Hall–Kier alpha value is -1.71. The van der Waals surface area contributed by atoms with Crippen LogP contribution in [0.3, 0.4) is 0 Å². The number of likely N-dealkylation sites (tertiary alicyclic amines) is 1. The second-order valence-electron chi connectivity index (χ2n) is 7.10. The molecule has 1 N–H and O–H groups in total. The van der Waals surface area contributed by atoms with E-state index in [4.69, 9.17) is 4.74 Å². The molecule has 0 saturated carbocycles. The van der Waals surface area contributed by atoms with Crippen LogP contribution in [0, 0.1) is 5.41 Å². The Kier molecular flexibility index (Phi) is 4.69. The Morgan fingerprint density at radius 3 is 2.32 bits per heavy atom. The van der Waals surface area contributed by atoms with Crippen molar-refractivity contribution < 1.29 is 4.74 Å². The number of benzene rings is 1. The van der Waals surface area contributed by atoms with E-state index in [1.807, 2.05) is 19.2 Å². The zero-order chi connectivity index (χ0) is 16.4. The molecule has 1 aliphatic rings. The number of nitrogens with one attached hydrogen (secondary N) is 1. The molecule has 0 bridgehead atoms. The zero-order valence-corrected chi connectivity index (χ0v) is 14.7. The van der Waals surface area contributed by atoms with E-state index in [2.05, 4.69) is 55.0 Å². The lowest BCUT2D eigenvalue weighted by molar-refractivity contribution is -0.0666. The smallest absolute Gasteiger partial charge is 0.194 e. The number of nitrogens with zero attached hydrogens (tertiary/aromatic N) is 2. The van der Waals surface area contributed by atoms with Gasteiger partial charge in [-0.1, -0.05) is 26.0 Å². The molecule has 0 spiro atoms. The number of guanidine groups is 1. The van der Waals surface area contributed by atoms with Crippen LogP contribution in [-0.4, -0.2) is 43.6 Å². The van der Waals surface area contributed by atoms with Crippen molar-refractivity contribution in [2.24, 2.45) is 10.4 Å². The summed E-state index contributed by atoms with van der Waals surface area (Å²) in [5.41, 5.74) is 1.75. The van der Waals surface area contributed by atoms with Gasteiger partial charge in [-0.25, -0.2) is 0 Å². The van der Waals surface area contributed by atoms with E-state index in [0.717, 1.165) is 31.2 Å². The van der Waals surface area contributed by atoms with Crippen LogP contribution in [0.25, 0.3) is 0 Å². The SMILES string of the molecule is CN=C(NCCc1ccc(OC)cc1)N1CC(C)(C)C1(C)C. The van der Waals surface area contributed by atoms with E-state index in [1.165, 1.54) is 5.56 Å². The summed E-state index contributed by atoms with van der Waals surface area (Å²) in [5, 5.41) is 3.49. The molecule has 4 heteroatoms. The second kappa shape index (κ2) is 6.19. The van der Waals surface area contributed by atoms with E-state index >= 15 is 0 Å². The first kappa shape index (κ1) is 16.7. The fraction of sp³-hybridized carbons (Fsp3) is 0.611. The predicted octanol–water partition coefficient (Wildman–Crippen LogP) is 2.93. The molecule has 1 aromatic carbocycles. The van der Waals surface area contributed by atoms with Crippen LogP contribution in [0.5, 0.6) is 5.75 Å². The zero-order valence-electron chi connectivity index (χ0n) is 14.7. The Morgan fingerprint density at radius 2 is 1.86 bits per heavy atom. The van der Waals surface area contributed by atoms with Crippen LogP contribution in [0.1, 0.15) is 33.3 Å². The van der Waals surface area contributed by atoms with Crippen LogP contribution in [0.2, 0.25) is 0 Å². The Labute approximate surface area is 134 Å². The van der Waals surface area contributed by atoms with Gasteiger partial charge in [-0.05, 0) is 38.0 Å². The van der Waals surface area contributed by atoms with Gasteiger partial charge in [0, 0.05) is 31.1 Å². The van der Waals surface area contributed by atoms with Crippen molar-refractivity contribution >= 4 is 5.96 Å². The van der Waals surface area contributed by atoms with Crippen molar-refractivity contribution in [2.75, 3.05) is 27.2 Å². The average Bonchev–Trinajstić information content (AvgIpc) is 2.50. The number of methoxy groups -OCH3 is 1. The van der Waals surface area contributed by atoms with Gasteiger partial charge in [-0.3, -0.25) is 4.99 Å². The normalized spacial score (nSPS) is 19.5. The number of aliphatic imine (C=N–C) groups is 1. The molecule has 0 aromatic heterocycles. The van der Waals surface area contributed by atoms with Crippen molar-refractivity contribution in [1.82, 2.24) is 10.2 Å². The molecule has 0 amide bonds. The lowest BCUT2D eigenvalue weighted by Gasteiger charge is -2.62. The third kappa shape index (κ3) is 3.06. The molecule has 22 heavy (non-hydrogen) atoms. The molecule has 4 nitrogen and oxygen atoms in total. The Bertz CT molecular complexity index is 532. The van der Waals surface area contributed by atoms with Gasteiger partial charge >= 0.3 is 0 Å². The van der Waals surface area contributed by atoms with Crippen LogP contribution in [-0.2, 0) is 6.42 Å². The van der Waals surface area contributed by atoms with E-state index < -0.39 is 0 Å². The van der Waals surface area contributed by atoms with Crippen molar-refractivity contribution in [1.29, 1.82) is 0 Å². The van der Waals surface area contributed by atoms with Gasteiger partial charge in [0.25, 0.3) is 0 Å². The quantitative estimate of drug-likeness (QED) is 0.686. The minimum Gasteiger partial charge on any atom is -0.497 e. The molecule has 0 atom stereocenters. The maximum atomic E-state index is 5.18. The number of ether oxygens (including phenoxy) is 1. The molecule has 0 radical (unpaired) electrons. The molecule has 1 heterocycles. The molecule has 1 fully saturated rings. The first-order chi connectivity index (χ1) is 10.3. The molecule has 2 rings (SSSR count). The summed E-state index contributed by atoms with van der Waals surface area (Å²) in [6, 6.07) is 8.23. The van der Waals surface area contributed by atoms with Crippen molar-refractivity contribution in [2.45, 2.75) is 39.7 Å². The van der Waals surface area contributed by atoms with Crippen LogP contribution < -0.4 is 10.1 Å². The Balaban J connectivity index is 1.87. The highest BCUT2D eigenvalue weighted by molar-refractivity contribution is 5.82. The van der Waals surface area contributed by atoms with Gasteiger partial charge in [0.15, 0.2) is 5.96 Å². The summed E-state index contributed by atoms with van der Waals surface area (Å²) in [5.74, 6) is 1.90. The summed E-state index contributed by atoms with van der Waals surface area (Å²) < 4.78 is 5.18. The molecule has 0 aliphatic carbocycles. The highest BCUT2D eigenvalue weighted by atomic mass is 16.5. The van der Waals surface area contributed by atoms with Crippen molar-refractivity contribution in [3.8, 4) is 5.75 Å². The summed E-state index contributed by atoms with van der Waals surface area (Å²) in [4.78, 5) is 6.80. The predicted molar refractivity (Wildman–Crippen MR) is 92.6 cm³/mol. The average molecular weight is 303 g/mol. The third-order valence-electron chi connectivity index (χ3n) is 5.21. The molecule has 122 valence electrons. The number of hydrogen-bond donors (Lipinski definition) is 1.